The van der Waals surface area contributed by atoms with Crippen molar-refractivity contribution in [1.82, 2.24) is 24.9 Å². The minimum atomic E-state index is 0.0380. The molecule has 1 N–H and O–H groups in total. The van der Waals surface area contributed by atoms with Crippen molar-refractivity contribution >= 4 is 5.91 Å². The second kappa shape index (κ2) is 5.48. The van der Waals surface area contributed by atoms with Gasteiger partial charge in [0.1, 0.15) is 5.69 Å². The zero-order chi connectivity index (χ0) is 13.9. The van der Waals surface area contributed by atoms with Crippen LogP contribution in [-0.4, -0.2) is 43.4 Å². The molecule has 20 heavy (non-hydrogen) atoms. The summed E-state index contributed by atoms with van der Waals surface area (Å²) in [5.74, 6) is 0.0380. The number of piperidine rings is 1. The van der Waals surface area contributed by atoms with Gasteiger partial charge in [-0.3, -0.25) is 14.6 Å². The maximum absolute atomic E-state index is 12.5. The molecule has 1 aliphatic rings. The second-order valence-corrected chi connectivity index (χ2v) is 5.36. The van der Waals surface area contributed by atoms with Crippen LogP contribution in [0.1, 0.15) is 35.3 Å². The summed E-state index contributed by atoms with van der Waals surface area (Å²) in [6.45, 7) is 3.59. The first kappa shape index (κ1) is 12.9. The summed E-state index contributed by atoms with van der Waals surface area (Å²) < 4.78 is 1.93. The van der Waals surface area contributed by atoms with Crippen molar-refractivity contribution in [2.45, 2.75) is 38.8 Å². The molecular formula is C14H19N5O. The number of aromatic nitrogens is 4. The van der Waals surface area contributed by atoms with Crippen molar-refractivity contribution in [3.63, 3.8) is 0 Å². The van der Waals surface area contributed by atoms with E-state index in [9.17, 15) is 4.79 Å². The number of rotatable bonds is 3. The third-order valence-electron chi connectivity index (χ3n) is 3.78. The Morgan fingerprint density at radius 1 is 1.50 bits per heavy atom. The maximum Gasteiger partial charge on any atom is 0.272 e. The molecule has 3 rings (SSSR count). The number of likely N-dealkylation sites (tertiary alicyclic amines) is 1. The lowest BCUT2D eigenvalue weighted by Crippen LogP contribution is -2.46. The predicted octanol–water partition coefficient (Wildman–Crippen LogP) is 1.61. The Morgan fingerprint density at radius 3 is 3.10 bits per heavy atom. The normalized spacial score (nSPS) is 19.2. The van der Waals surface area contributed by atoms with Crippen LogP contribution in [0.2, 0.25) is 0 Å². The number of hydrogen-bond acceptors (Lipinski definition) is 3. The zero-order valence-electron chi connectivity index (χ0n) is 11.6. The third kappa shape index (κ3) is 2.59. The first-order valence-electron chi connectivity index (χ1n) is 7.03. The predicted molar refractivity (Wildman–Crippen MR) is 74.2 cm³/mol. The number of aryl methyl sites for hydroxylation is 1. The number of carbonyl (C=O) groups is 1. The highest BCUT2D eigenvalue weighted by Crippen LogP contribution is 2.20. The number of nitrogens with one attached hydrogen (secondary N) is 1. The van der Waals surface area contributed by atoms with Gasteiger partial charge in [-0.25, -0.2) is 0 Å². The first-order valence-corrected chi connectivity index (χ1v) is 7.03. The van der Waals surface area contributed by atoms with Crippen LogP contribution in [0.25, 0.3) is 0 Å². The molecule has 106 valence electrons. The standard InChI is InChI=1S/C14H19N5O/c1-11-8-16-18(9-11)10-12-4-2-3-7-19(12)14(20)13-5-6-15-17-13/h5-6,8-9,12H,2-4,7,10H2,1H3,(H,15,17). The van der Waals surface area contributed by atoms with Crippen LogP contribution < -0.4 is 0 Å². The SMILES string of the molecule is Cc1cnn(CC2CCCCN2C(=O)c2ccn[nH]2)c1. The fourth-order valence-electron chi connectivity index (χ4n) is 2.77. The first-order chi connectivity index (χ1) is 9.74. The molecule has 3 heterocycles. The van der Waals surface area contributed by atoms with Gasteiger partial charge in [0, 0.05) is 18.9 Å². The fraction of sp³-hybridized carbons (Fsp3) is 0.500. The number of aromatic amines is 1. The Hall–Kier alpha value is -2.11. The molecule has 0 aromatic carbocycles. The molecule has 6 heteroatoms. The van der Waals surface area contributed by atoms with E-state index in [2.05, 4.69) is 15.3 Å². The lowest BCUT2D eigenvalue weighted by molar-refractivity contribution is 0.0578. The average molecular weight is 273 g/mol. The van der Waals surface area contributed by atoms with Crippen molar-refractivity contribution in [3.8, 4) is 0 Å². The van der Waals surface area contributed by atoms with Gasteiger partial charge in [-0.2, -0.15) is 10.2 Å². The van der Waals surface area contributed by atoms with Crippen LogP contribution in [0, 0.1) is 6.92 Å². The molecule has 1 saturated heterocycles. The number of nitrogens with zero attached hydrogens (tertiary/aromatic N) is 4. The van der Waals surface area contributed by atoms with Gasteiger partial charge in [-0.05, 0) is 37.8 Å². The largest absolute Gasteiger partial charge is 0.332 e. The topological polar surface area (TPSA) is 66.8 Å². The molecule has 1 amide bonds. The van der Waals surface area contributed by atoms with Crippen molar-refractivity contribution in [3.05, 3.63) is 35.9 Å². The summed E-state index contributed by atoms with van der Waals surface area (Å²) in [7, 11) is 0. The van der Waals surface area contributed by atoms with Crippen molar-refractivity contribution in [2.75, 3.05) is 6.54 Å². The van der Waals surface area contributed by atoms with E-state index in [0.29, 0.717) is 5.69 Å². The molecule has 0 radical (unpaired) electrons. The van der Waals surface area contributed by atoms with Crippen LogP contribution in [-0.2, 0) is 6.54 Å². The molecular weight excluding hydrogens is 254 g/mol. The van der Waals surface area contributed by atoms with Gasteiger partial charge in [-0.15, -0.1) is 0 Å². The van der Waals surface area contributed by atoms with Crippen LogP contribution in [0.3, 0.4) is 0 Å². The van der Waals surface area contributed by atoms with Gasteiger partial charge in [0.2, 0.25) is 0 Å². The summed E-state index contributed by atoms with van der Waals surface area (Å²) >= 11 is 0. The van der Waals surface area contributed by atoms with Gasteiger partial charge < -0.3 is 4.90 Å². The Kier molecular flexibility index (Phi) is 3.54. The molecule has 1 atom stereocenters. The minimum Gasteiger partial charge on any atom is -0.332 e. The maximum atomic E-state index is 12.5. The Bertz CT molecular complexity index is 574. The van der Waals surface area contributed by atoms with Crippen LogP contribution >= 0.6 is 0 Å². The highest BCUT2D eigenvalue weighted by Gasteiger charge is 2.28. The fourth-order valence-corrected chi connectivity index (χ4v) is 2.77. The lowest BCUT2D eigenvalue weighted by atomic mass is 10.0. The monoisotopic (exact) mass is 273 g/mol. The van der Waals surface area contributed by atoms with E-state index in [-0.39, 0.29) is 11.9 Å². The molecule has 1 fully saturated rings. The van der Waals surface area contributed by atoms with Gasteiger partial charge in [-0.1, -0.05) is 0 Å². The second-order valence-electron chi connectivity index (χ2n) is 5.36. The number of H-pyrrole nitrogens is 1. The molecule has 1 unspecified atom stereocenters. The highest BCUT2D eigenvalue weighted by molar-refractivity contribution is 5.92. The number of hydrogen-bond donors (Lipinski definition) is 1. The molecule has 0 bridgehead atoms. The van der Waals surface area contributed by atoms with E-state index in [0.717, 1.165) is 37.9 Å². The van der Waals surface area contributed by atoms with E-state index < -0.39 is 0 Å². The van der Waals surface area contributed by atoms with Gasteiger partial charge >= 0.3 is 0 Å². The van der Waals surface area contributed by atoms with E-state index in [4.69, 9.17) is 0 Å². The van der Waals surface area contributed by atoms with E-state index in [1.165, 1.54) is 0 Å². The Labute approximate surface area is 117 Å². The molecule has 0 aliphatic carbocycles. The number of amides is 1. The highest BCUT2D eigenvalue weighted by atomic mass is 16.2. The molecule has 0 spiro atoms. The summed E-state index contributed by atoms with van der Waals surface area (Å²) in [5, 5.41) is 10.9. The molecule has 2 aromatic rings. The molecule has 2 aromatic heterocycles. The summed E-state index contributed by atoms with van der Waals surface area (Å²) in [6.07, 6.45) is 8.74. The van der Waals surface area contributed by atoms with Gasteiger partial charge in [0.25, 0.3) is 5.91 Å². The Balaban J connectivity index is 1.75. The minimum absolute atomic E-state index is 0.0380. The molecule has 6 nitrogen and oxygen atoms in total. The average Bonchev–Trinajstić information content (AvgIpc) is 3.10. The zero-order valence-corrected chi connectivity index (χ0v) is 11.6. The van der Waals surface area contributed by atoms with Crippen molar-refractivity contribution < 1.29 is 4.79 Å². The summed E-state index contributed by atoms with van der Waals surface area (Å²) in [4.78, 5) is 14.4. The summed E-state index contributed by atoms with van der Waals surface area (Å²) in [5.41, 5.74) is 1.71. The van der Waals surface area contributed by atoms with Crippen LogP contribution in [0.15, 0.2) is 24.7 Å². The van der Waals surface area contributed by atoms with Crippen molar-refractivity contribution in [2.24, 2.45) is 0 Å². The van der Waals surface area contributed by atoms with E-state index >= 15 is 0 Å². The van der Waals surface area contributed by atoms with Crippen LogP contribution in [0.4, 0.5) is 0 Å². The summed E-state index contributed by atoms with van der Waals surface area (Å²) in [6, 6.07) is 1.94. The molecule has 0 saturated carbocycles. The van der Waals surface area contributed by atoms with Crippen LogP contribution in [0.5, 0.6) is 0 Å². The Morgan fingerprint density at radius 2 is 2.40 bits per heavy atom. The van der Waals surface area contributed by atoms with Gasteiger partial charge in [0.05, 0.1) is 18.8 Å². The lowest BCUT2D eigenvalue weighted by Gasteiger charge is -2.35. The quantitative estimate of drug-likeness (QED) is 0.924. The van der Waals surface area contributed by atoms with E-state index in [1.807, 2.05) is 28.9 Å². The third-order valence-corrected chi connectivity index (χ3v) is 3.78. The van der Waals surface area contributed by atoms with Crippen molar-refractivity contribution in [1.29, 1.82) is 0 Å². The van der Waals surface area contributed by atoms with Gasteiger partial charge in [0.15, 0.2) is 0 Å². The number of carbonyl (C=O) groups excluding carboxylic acids is 1. The van der Waals surface area contributed by atoms with E-state index in [1.54, 1.807) is 12.3 Å². The smallest absolute Gasteiger partial charge is 0.272 e. The molecule has 1 aliphatic heterocycles.